The van der Waals surface area contributed by atoms with Crippen molar-refractivity contribution in [3.63, 3.8) is 0 Å². The summed E-state index contributed by atoms with van der Waals surface area (Å²) < 4.78 is 105. The Hall–Kier alpha value is -11.7. The van der Waals surface area contributed by atoms with Crippen LogP contribution in [-0.2, 0) is 164 Å². The predicted molar refractivity (Wildman–Crippen MR) is 519 cm³/mol. The Morgan fingerprint density at radius 1 is 0.359 bits per heavy atom. The minimum atomic E-state index is -1.87. The van der Waals surface area contributed by atoms with Crippen LogP contribution >= 0.6 is 27.5 Å². The number of rotatable bonds is 42. The highest BCUT2D eigenvalue weighted by atomic mass is 79.9. The van der Waals surface area contributed by atoms with E-state index in [1.54, 1.807) is 76.2 Å². The molecule has 4 heterocycles. The van der Waals surface area contributed by atoms with E-state index >= 15 is 0 Å². The largest absolute Gasteiger partial charge is 0.508 e. The van der Waals surface area contributed by atoms with Crippen LogP contribution in [-0.4, -0.2) is 244 Å². The van der Waals surface area contributed by atoms with Crippen molar-refractivity contribution in [1.29, 1.82) is 0 Å². The third-order valence-electron chi connectivity index (χ3n) is 24.9. The summed E-state index contributed by atoms with van der Waals surface area (Å²) in [5, 5.41) is 17.0. The molecule has 0 unspecified atom stereocenters. The average Bonchev–Trinajstić information content (AvgIpc) is 0.760. The summed E-state index contributed by atoms with van der Waals surface area (Å²) in [6.45, 7) is 29.4. The quantitative estimate of drug-likeness (QED) is 0.0180. The number of carbonyl (C=O) groups excluding carboxylic acids is 18. The first-order chi connectivity index (χ1) is 68.0. The molecule has 0 saturated carbocycles. The van der Waals surface area contributed by atoms with Gasteiger partial charge in [0.2, 0.25) is 5.06 Å². The lowest BCUT2D eigenvalue weighted by atomic mass is 9.73. The van der Waals surface area contributed by atoms with E-state index in [1.165, 1.54) is 148 Å². The lowest BCUT2D eigenvalue weighted by Gasteiger charge is -2.48. The molecule has 4 fully saturated rings. The number of hydrogen-bond acceptors (Lipinski definition) is 39. The summed E-state index contributed by atoms with van der Waals surface area (Å²) in [6, 6.07) is 25.9. The third-order valence-corrected chi connectivity index (χ3v) is 26.0. The molecule has 4 aliphatic rings. The van der Waals surface area contributed by atoms with E-state index < -0.39 is 167 Å². The van der Waals surface area contributed by atoms with Crippen molar-refractivity contribution in [3.05, 3.63) is 119 Å². The second kappa shape index (κ2) is 59.8. The smallest absolute Gasteiger partial charge is 0.379 e. The van der Waals surface area contributed by atoms with E-state index in [0.29, 0.717) is 39.8 Å². The Bertz CT molecular complexity index is 4840. The molecule has 0 bridgehead atoms. The lowest BCUT2D eigenvalue weighted by Crippen LogP contribution is -2.60. The van der Waals surface area contributed by atoms with E-state index in [1.807, 2.05) is 39.8 Å². The molecule has 0 radical (unpaired) electrons. The van der Waals surface area contributed by atoms with Gasteiger partial charge >= 0.3 is 89.0 Å². The minimum Gasteiger partial charge on any atom is -0.508 e. The number of carbonyl (C=O) groups is 18. The van der Waals surface area contributed by atoms with Crippen LogP contribution in [0.25, 0.3) is 0 Å². The molecule has 0 aliphatic carbocycles. The second-order valence-corrected chi connectivity index (χ2v) is 38.0. The van der Waals surface area contributed by atoms with E-state index in [-0.39, 0.29) is 166 Å². The summed E-state index contributed by atoms with van der Waals surface area (Å²) in [5.41, 5.74) is 2.69. The van der Waals surface area contributed by atoms with Crippen LogP contribution in [0.5, 0.6) is 23.0 Å². The number of phenolic OH excluding ortho intramolecular Hbond substituents is 1. The van der Waals surface area contributed by atoms with Crippen LogP contribution in [0.1, 0.15) is 222 Å². The van der Waals surface area contributed by atoms with Gasteiger partial charge in [0.15, 0.2) is 0 Å². The first-order valence-corrected chi connectivity index (χ1v) is 48.6. The van der Waals surface area contributed by atoms with Gasteiger partial charge < -0.3 is 119 Å². The molecule has 0 amide bonds. The second-order valence-electron chi connectivity index (χ2n) is 36.8. The normalized spacial score (nSPS) is 25.0. The van der Waals surface area contributed by atoms with Crippen LogP contribution in [0, 0.1) is 71.0 Å². The van der Waals surface area contributed by atoms with Gasteiger partial charge in [-0.2, -0.15) is 0 Å². The fourth-order valence-corrected chi connectivity index (χ4v) is 18.6. The maximum absolute atomic E-state index is 13.1. The summed E-state index contributed by atoms with van der Waals surface area (Å²) >= 11 is 9.83. The Balaban J connectivity index is 0.000000392. The number of benzene rings is 4. The predicted octanol–water partition coefficient (Wildman–Crippen LogP) is 12.9. The number of aliphatic hydroxyl groups excluding tert-OH is 1. The molecule has 4 aromatic rings. The summed E-state index contributed by atoms with van der Waals surface area (Å²) in [7, 11) is 4.89. The number of halogens is 2. The number of aliphatic hydroxyl groups is 1. The average molecular weight is 2130 g/mol. The van der Waals surface area contributed by atoms with E-state index in [0.717, 1.165) is 11.8 Å². The number of ether oxygens (including phenoxy) is 19. The van der Waals surface area contributed by atoms with Gasteiger partial charge in [-0.1, -0.05) is 107 Å². The van der Waals surface area contributed by atoms with E-state index in [9.17, 15) is 91.4 Å². The molecular formula is C104H140BrClO39. The molecule has 2 N–H and O–H groups in total. The molecule has 41 heteroatoms. The molecule has 0 aromatic heterocycles. The number of alkyl halides is 2. The van der Waals surface area contributed by atoms with Crippen LogP contribution in [0.3, 0.4) is 0 Å². The van der Waals surface area contributed by atoms with E-state index in [4.69, 9.17) is 107 Å². The summed E-state index contributed by atoms with van der Waals surface area (Å²) in [5.74, 6) is -16.4. The SMILES string of the molecule is COC(=O)[C@@]1(Cl)C[C@H](C)[C@@H](CC(C)=O)[C@H]([C@H](C)[C@@H](COC(C)=O)OC(C)=O)O1.COC(=O)[C@@]1(Oc2ccc(C=O)cc2)C[C@H](C)[C@@H](CC(C)=O)[C@H]([C@H](C)[C@@H](COC(C)=O)OC(C)=O)O1.COC(=O)[C@@]1(Oc2ccc(CBr)cc2)C[C@H](C)[C@@H](CC(C)=O)[C@H]([C@H](C)[C@@H](COC(C)=O)OC(C)=O)O1.COC(=O)[C@@]1(Oc2ccc(CO)cc2)C[C@H](C)[C@@H](CC(C)=O)[C@H]([C@H](C)[C@@H](COC(C)=O)OC(C)=O)O1.O=Cc1ccc(O)cc1. The topological polar surface area (TPSA) is 523 Å². The number of Topliss-reactive ketones (excluding diaryl/α,β-unsaturated/α-hetero) is 4. The Morgan fingerprint density at radius 2 is 0.593 bits per heavy atom. The summed E-state index contributed by atoms with van der Waals surface area (Å²) in [6.07, 6.45) is -3.94. The van der Waals surface area contributed by atoms with Crippen molar-refractivity contribution < 1.29 is 187 Å². The maximum Gasteiger partial charge on any atom is 0.379 e. The van der Waals surface area contributed by atoms with Gasteiger partial charge in [-0.25, -0.2) is 19.2 Å². The van der Waals surface area contributed by atoms with Crippen LogP contribution in [0.4, 0.5) is 0 Å². The molecule has 4 saturated heterocycles. The van der Waals surface area contributed by atoms with Gasteiger partial charge in [0, 0.05) is 147 Å². The molecular weight excluding hydrogens is 1990 g/mol. The van der Waals surface area contributed by atoms with Crippen LogP contribution < -0.4 is 14.2 Å². The van der Waals surface area contributed by atoms with Gasteiger partial charge in [0.25, 0.3) is 0 Å². The number of hydrogen-bond donors (Lipinski definition) is 2. The maximum atomic E-state index is 13.1. The van der Waals surface area contributed by atoms with Crippen molar-refractivity contribution in [2.45, 2.75) is 273 Å². The molecule has 804 valence electrons. The molecule has 4 aromatic carbocycles. The zero-order chi connectivity index (χ0) is 109. The molecule has 0 spiro atoms. The lowest BCUT2D eigenvalue weighted by molar-refractivity contribution is -0.279. The monoisotopic (exact) mass is 2130 g/mol. The molecule has 24 atom stereocenters. The first kappa shape index (κ1) is 126. The molecule has 4 aliphatic heterocycles. The summed E-state index contributed by atoms with van der Waals surface area (Å²) in [4.78, 5) is 213. The molecule has 39 nitrogen and oxygen atoms in total. The van der Waals surface area contributed by atoms with Crippen molar-refractivity contribution in [2.75, 3.05) is 54.9 Å². The van der Waals surface area contributed by atoms with Gasteiger partial charge in [0.1, 0.15) is 110 Å². The van der Waals surface area contributed by atoms with Gasteiger partial charge in [-0.3, -0.25) is 47.9 Å². The van der Waals surface area contributed by atoms with Gasteiger partial charge in [-0.05, 0) is 159 Å². The third kappa shape index (κ3) is 39.2. The highest BCUT2D eigenvalue weighted by molar-refractivity contribution is 9.08. The number of methoxy groups -OCH3 is 4. The highest BCUT2D eigenvalue weighted by Gasteiger charge is 2.60. The van der Waals surface area contributed by atoms with E-state index in [2.05, 4.69) is 15.9 Å². The minimum absolute atomic E-state index is 0.0400. The fourth-order valence-electron chi connectivity index (χ4n) is 17.8. The van der Waals surface area contributed by atoms with Crippen molar-refractivity contribution in [1.82, 2.24) is 0 Å². The number of ketones is 4. The molecule has 145 heavy (non-hydrogen) atoms. The zero-order valence-electron chi connectivity index (χ0n) is 86.6. The van der Waals surface area contributed by atoms with Crippen LogP contribution in [0.15, 0.2) is 97.1 Å². The Labute approximate surface area is 858 Å². The van der Waals surface area contributed by atoms with Crippen LogP contribution in [0.2, 0.25) is 0 Å². The van der Waals surface area contributed by atoms with Crippen molar-refractivity contribution in [2.24, 2.45) is 71.0 Å². The van der Waals surface area contributed by atoms with Crippen molar-refractivity contribution in [3.8, 4) is 23.0 Å². The first-order valence-electron chi connectivity index (χ1n) is 47.1. The molecule has 8 rings (SSSR count). The van der Waals surface area contributed by atoms with Crippen molar-refractivity contribution >= 4 is 135 Å². The number of esters is 12. The van der Waals surface area contributed by atoms with Gasteiger partial charge in [-0.15, -0.1) is 0 Å². The number of phenols is 1. The van der Waals surface area contributed by atoms with Gasteiger partial charge in [0.05, 0.1) is 59.5 Å². The zero-order valence-corrected chi connectivity index (χ0v) is 88.9. The Kier molecular flexibility index (Phi) is 51.8. The highest BCUT2D eigenvalue weighted by Crippen LogP contribution is 2.50. The standard InChI is InChI=1S/C26H35BrO9.C26H36O10.C26H34O10.C19H29ClO8.C7H6O2/c3*1-15-12-26(25(31)32-6,35-21-9-7-20(13-27)8-10-21)36-24(22(15)11-16(2)28)17(3)23(34-19(5)30)14-33-18(4)29;1-10-8-19(20,18(24)25-6)28-17(15(10)7-11(2)21)12(3)16(27-14(5)23)9-26-13(4)22;8-5-6-1-3-7(9)4-2-6/h7-10,15,17,22-24H,11-14H2,1-6H3;7-10,15,17,22-24,27H,11-14H2,1-6H3;7-10,13,15,17,22-24H,11-12,14H2,1-6H3;10,12,15-17H,7-9H2,1-6H3;1-5,9H/t3*15-,17+,22+,23+,24-,26+;10-,12+,15+,16+,17-,19+;/m0000./s1. The fraction of sp³-hybridized carbons (Fsp3) is 0.596. The number of aromatic hydroxyl groups is 1. The number of aldehydes is 2. The Morgan fingerprint density at radius 3 is 0.814 bits per heavy atom.